The Bertz CT molecular complexity index is 387. The highest BCUT2D eigenvalue weighted by Gasteiger charge is 2.16. The van der Waals surface area contributed by atoms with Gasteiger partial charge in [-0.1, -0.05) is 0 Å². The van der Waals surface area contributed by atoms with E-state index in [2.05, 4.69) is 15.7 Å². The fourth-order valence-electron chi connectivity index (χ4n) is 1.99. The molecule has 100 valence electrons. The summed E-state index contributed by atoms with van der Waals surface area (Å²) in [7, 11) is 1.90. The number of rotatable bonds is 5. The molecule has 2 heterocycles. The van der Waals surface area contributed by atoms with Crippen molar-refractivity contribution in [2.45, 2.75) is 18.9 Å². The van der Waals surface area contributed by atoms with Crippen LogP contribution in [0.5, 0.6) is 0 Å². The molecule has 0 aliphatic carbocycles. The molecule has 0 spiro atoms. The molecule has 1 aromatic heterocycles. The first kappa shape index (κ1) is 13.4. The number of aryl methyl sites for hydroxylation is 1. The molecule has 1 saturated heterocycles. The number of hydrogen-bond donors (Lipinski definition) is 2. The van der Waals surface area contributed by atoms with Gasteiger partial charge in [-0.25, -0.2) is 0 Å². The number of carbonyl (C=O) groups is 1. The van der Waals surface area contributed by atoms with E-state index in [0.717, 1.165) is 30.0 Å². The second-order valence-corrected chi connectivity index (χ2v) is 5.70. The topological polar surface area (TPSA) is 59.0 Å². The van der Waals surface area contributed by atoms with Gasteiger partial charge in [0.25, 0.3) is 0 Å². The molecule has 1 aliphatic rings. The number of amides is 1. The van der Waals surface area contributed by atoms with Crippen molar-refractivity contribution in [1.29, 1.82) is 0 Å². The maximum Gasteiger partial charge on any atom is 0.221 e. The number of nitrogens with zero attached hydrogens (tertiary/aromatic N) is 2. The molecule has 1 aliphatic heterocycles. The fraction of sp³-hybridized carbons (Fsp3) is 0.667. The summed E-state index contributed by atoms with van der Waals surface area (Å²) >= 11 is 1.91. The molecule has 1 amide bonds. The van der Waals surface area contributed by atoms with Gasteiger partial charge < -0.3 is 10.6 Å². The van der Waals surface area contributed by atoms with E-state index in [1.54, 1.807) is 4.68 Å². The highest BCUT2D eigenvalue weighted by molar-refractivity contribution is 7.99. The van der Waals surface area contributed by atoms with Gasteiger partial charge in [-0.2, -0.15) is 16.9 Å². The van der Waals surface area contributed by atoms with Gasteiger partial charge in [0.05, 0.1) is 6.20 Å². The minimum Gasteiger partial charge on any atom is -0.356 e. The minimum atomic E-state index is 0.138. The van der Waals surface area contributed by atoms with E-state index in [1.807, 2.05) is 31.2 Å². The Labute approximate surface area is 112 Å². The van der Waals surface area contributed by atoms with Crippen molar-refractivity contribution in [2.24, 2.45) is 7.05 Å². The molecular formula is C12H20N4OS. The Balaban J connectivity index is 1.62. The largest absolute Gasteiger partial charge is 0.356 e. The van der Waals surface area contributed by atoms with Crippen molar-refractivity contribution in [2.75, 3.05) is 24.6 Å². The van der Waals surface area contributed by atoms with Crippen molar-refractivity contribution in [1.82, 2.24) is 20.4 Å². The van der Waals surface area contributed by atoms with Crippen LogP contribution in [0.1, 0.15) is 12.0 Å². The third-order valence-corrected chi connectivity index (χ3v) is 4.06. The van der Waals surface area contributed by atoms with Crippen LogP contribution in [0, 0.1) is 0 Å². The van der Waals surface area contributed by atoms with E-state index >= 15 is 0 Å². The smallest absolute Gasteiger partial charge is 0.221 e. The van der Waals surface area contributed by atoms with Crippen LogP contribution < -0.4 is 10.6 Å². The Morgan fingerprint density at radius 3 is 3.28 bits per heavy atom. The third kappa shape index (κ3) is 4.34. The number of nitrogens with one attached hydrogen (secondary N) is 2. The Morgan fingerprint density at radius 1 is 1.72 bits per heavy atom. The number of aromatic nitrogens is 2. The molecule has 5 nitrogen and oxygen atoms in total. The molecule has 18 heavy (non-hydrogen) atoms. The lowest BCUT2D eigenvalue weighted by molar-refractivity contribution is -0.121. The van der Waals surface area contributed by atoms with E-state index < -0.39 is 0 Å². The zero-order valence-corrected chi connectivity index (χ0v) is 11.5. The highest BCUT2D eigenvalue weighted by atomic mass is 32.2. The molecule has 2 N–H and O–H groups in total. The second-order valence-electron chi connectivity index (χ2n) is 4.55. The van der Waals surface area contributed by atoms with Gasteiger partial charge in [0.1, 0.15) is 0 Å². The van der Waals surface area contributed by atoms with E-state index in [9.17, 15) is 4.79 Å². The van der Waals surface area contributed by atoms with Crippen molar-refractivity contribution >= 4 is 17.7 Å². The van der Waals surface area contributed by atoms with Crippen LogP contribution in [0.25, 0.3) is 0 Å². The monoisotopic (exact) mass is 268 g/mol. The van der Waals surface area contributed by atoms with Crippen LogP contribution in [0.4, 0.5) is 0 Å². The fourth-order valence-corrected chi connectivity index (χ4v) is 2.94. The molecular weight excluding hydrogens is 248 g/mol. The summed E-state index contributed by atoms with van der Waals surface area (Å²) in [5.41, 5.74) is 1.16. The zero-order chi connectivity index (χ0) is 12.8. The summed E-state index contributed by atoms with van der Waals surface area (Å²) in [6.07, 6.45) is 5.24. The normalized spacial score (nSPS) is 19.7. The van der Waals surface area contributed by atoms with Crippen LogP contribution in [0.3, 0.4) is 0 Å². The lowest BCUT2D eigenvalue weighted by Crippen LogP contribution is -2.41. The minimum absolute atomic E-state index is 0.138. The number of carbonyl (C=O) groups excluding carboxylic acids is 1. The summed E-state index contributed by atoms with van der Waals surface area (Å²) in [6, 6.07) is 0.335. The van der Waals surface area contributed by atoms with Gasteiger partial charge >= 0.3 is 0 Å². The molecule has 1 atom stereocenters. The first-order chi connectivity index (χ1) is 8.74. The predicted molar refractivity (Wildman–Crippen MR) is 73.7 cm³/mol. The lowest BCUT2D eigenvalue weighted by Gasteiger charge is -2.22. The SMILES string of the molecule is Cn1cc(CCNC(=O)CC2CSCCN2)cn1. The molecule has 0 aromatic carbocycles. The summed E-state index contributed by atoms with van der Waals surface area (Å²) < 4.78 is 1.78. The standard InChI is InChI=1S/C12H20N4OS/c1-16-8-10(7-15-16)2-3-14-12(17)6-11-9-18-5-4-13-11/h7-8,11,13H,2-6,9H2,1H3,(H,14,17). The molecule has 0 bridgehead atoms. The Hall–Kier alpha value is -1.01. The van der Waals surface area contributed by atoms with E-state index in [1.165, 1.54) is 0 Å². The average Bonchev–Trinajstić information content (AvgIpc) is 2.76. The molecule has 1 fully saturated rings. The van der Waals surface area contributed by atoms with Crippen LogP contribution >= 0.6 is 11.8 Å². The van der Waals surface area contributed by atoms with Crippen molar-refractivity contribution < 1.29 is 4.79 Å². The van der Waals surface area contributed by atoms with Crippen molar-refractivity contribution in [3.8, 4) is 0 Å². The van der Waals surface area contributed by atoms with Crippen LogP contribution in [-0.4, -0.2) is 46.3 Å². The highest BCUT2D eigenvalue weighted by Crippen LogP contribution is 2.09. The number of thioether (sulfide) groups is 1. The van der Waals surface area contributed by atoms with Crippen molar-refractivity contribution in [3.05, 3.63) is 18.0 Å². The summed E-state index contributed by atoms with van der Waals surface area (Å²) in [6.45, 7) is 1.70. The first-order valence-electron chi connectivity index (χ1n) is 6.29. The van der Waals surface area contributed by atoms with Gasteiger partial charge in [-0.15, -0.1) is 0 Å². The van der Waals surface area contributed by atoms with Crippen LogP contribution in [0.15, 0.2) is 12.4 Å². The van der Waals surface area contributed by atoms with E-state index in [0.29, 0.717) is 19.0 Å². The molecule has 1 unspecified atom stereocenters. The van der Waals surface area contributed by atoms with E-state index in [4.69, 9.17) is 0 Å². The quantitative estimate of drug-likeness (QED) is 0.799. The van der Waals surface area contributed by atoms with Gasteiger partial charge in [-0.3, -0.25) is 9.48 Å². The Kier molecular flexibility index (Phi) is 5.07. The van der Waals surface area contributed by atoms with E-state index in [-0.39, 0.29) is 5.91 Å². The number of hydrogen-bond acceptors (Lipinski definition) is 4. The van der Waals surface area contributed by atoms with Crippen molar-refractivity contribution in [3.63, 3.8) is 0 Å². The van der Waals surface area contributed by atoms with Crippen LogP contribution in [-0.2, 0) is 18.3 Å². The molecule has 0 radical (unpaired) electrons. The molecule has 1 aromatic rings. The summed E-state index contributed by atoms with van der Waals surface area (Å²) in [4.78, 5) is 11.7. The average molecular weight is 268 g/mol. The lowest BCUT2D eigenvalue weighted by atomic mass is 10.2. The molecule has 0 saturated carbocycles. The maximum absolute atomic E-state index is 11.7. The zero-order valence-electron chi connectivity index (χ0n) is 10.7. The second kappa shape index (κ2) is 6.80. The third-order valence-electron chi connectivity index (χ3n) is 2.92. The predicted octanol–water partition coefficient (Wildman–Crippen LogP) is 0.174. The van der Waals surface area contributed by atoms with Gasteiger partial charge in [0, 0.05) is 50.3 Å². The van der Waals surface area contributed by atoms with Crippen LogP contribution in [0.2, 0.25) is 0 Å². The van der Waals surface area contributed by atoms with Gasteiger partial charge in [0.15, 0.2) is 0 Å². The van der Waals surface area contributed by atoms with Gasteiger partial charge in [-0.05, 0) is 12.0 Å². The molecule has 2 rings (SSSR count). The summed E-state index contributed by atoms with van der Waals surface area (Å²) in [5.74, 6) is 2.33. The summed E-state index contributed by atoms with van der Waals surface area (Å²) in [5, 5.41) is 10.4. The maximum atomic E-state index is 11.7. The first-order valence-corrected chi connectivity index (χ1v) is 7.45. The Morgan fingerprint density at radius 2 is 2.61 bits per heavy atom. The van der Waals surface area contributed by atoms with Gasteiger partial charge in [0.2, 0.25) is 5.91 Å². The molecule has 6 heteroatoms.